The molecule has 1 aromatic rings. The molecule has 2 rings (SSSR count). The molecule has 146 valence electrons. The minimum Gasteiger partial charge on any atom is -0.455 e. The van der Waals surface area contributed by atoms with Crippen LogP contribution in [0.15, 0.2) is 30.3 Å². The van der Waals surface area contributed by atoms with E-state index in [-0.39, 0.29) is 24.9 Å². The quantitative estimate of drug-likeness (QED) is 0.701. The van der Waals surface area contributed by atoms with Crippen molar-refractivity contribution in [1.29, 1.82) is 0 Å². The number of amides is 4. The third kappa shape index (κ3) is 5.80. The highest BCUT2D eigenvalue weighted by Crippen LogP contribution is 2.28. The molecule has 0 aromatic heterocycles. The Kier molecular flexibility index (Phi) is 7.34. The number of imide groups is 1. The molecule has 0 radical (unpaired) electrons. The second-order valence-electron chi connectivity index (χ2n) is 6.45. The number of benzene rings is 1. The average Bonchev–Trinajstić information content (AvgIpc) is 3.06. The fourth-order valence-electron chi connectivity index (χ4n) is 2.88. The number of nitrogens with zero attached hydrogens (tertiary/aromatic N) is 1. The Morgan fingerprint density at radius 3 is 2.63 bits per heavy atom. The van der Waals surface area contributed by atoms with Gasteiger partial charge in [-0.1, -0.05) is 37.3 Å². The second kappa shape index (κ2) is 9.70. The van der Waals surface area contributed by atoms with Crippen LogP contribution in [0.25, 0.3) is 0 Å². The second-order valence-corrected chi connectivity index (χ2v) is 6.45. The first-order valence-corrected chi connectivity index (χ1v) is 9.01. The zero-order valence-corrected chi connectivity index (χ0v) is 15.6. The van der Waals surface area contributed by atoms with Gasteiger partial charge in [-0.15, -0.1) is 0 Å². The molecule has 1 aliphatic heterocycles. The smallest absolute Gasteiger partial charge is 0.321 e. The van der Waals surface area contributed by atoms with Gasteiger partial charge in [-0.2, -0.15) is 0 Å². The van der Waals surface area contributed by atoms with E-state index in [1.807, 2.05) is 44.2 Å². The highest BCUT2D eigenvalue weighted by atomic mass is 16.5. The van der Waals surface area contributed by atoms with Crippen LogP contribution in [0, 0.1) is 5.92 Å². The molecule has 0 unspecified atom stereocenters. The van der Waals surface area contributed by atoms with Crippen LogP contribution in [0.3, 0.4) is 0 Å². The molecule has 1 saturated heterocycles. The van der Waals surface area contributed by atoms with Gasteiger partial charge in [-0.3, -0.25) is 19.7 Å². The van der Waals surface area contributed by atoms with Crippen molar-refractivity contribution in [3.8, 4) is 0 Å². The molecule has 0 bridgehead atoms. The lowest BCUT2D eigenvalue weighted by atomic mass is 10.1. The number of likely N-dealkylation sites (tertiary alicyclic amines) is 1. The van der Waals surface area contributed by atoms with Crippen LogP contribution in [-0.2, 0) is 19.1 Å². The van der Waals surface area contributed by atoms with Gasteiger partial charge in [0, 0.05) is 19.5 Å². The summed E-state index contributed by atoms with van der Waals surface area (Å²) in [7, 11) is 0. The van der Waals surface area contributed by atoms with Crippen molar-refractivity contribution in [3.05, 3.63) is 35.9 Å². The van der Waals surface area contributed by atoms with Crippen molar-refractivity contribution in [2.24, 2.45) is 5.92 Å². The first-order chi connectivity index (χ1) is 12.9. The molecule has 0 spiro atoms. The monoisotopic (exact) mass is 375 g/mol. The zero-order valence-electron chi connectivity index (χ0n) is 15.6. The van der Waals surface area contributed by atoms with Crippen molar-refractivity contribution >= 4 is 23.8 Å². The van der Waals surface area contributed by atoms with Gasteiger partial charge >= 0.3 is 12.0 Å². The fourth-order valence-corrected chi connectivity index (χ4v) is 2.88. The molecule has 0 aliphatic carbocycles. The van der Waals surface area contributed by atoms with Crippen molar-refractivity contribution in [1.82, 2.24) is 15.5 Å². The van der Waals surface area contributed by atoms with E-state index in [4.69, 9.17) is 4.74 Å². The Morgan fingerprint density at radius 1 is 1.26 bits per heavy atom. The van der Waals surface area contributed by atoms with Crippen molar-refractivity contribution in [3.63, 3.8) is 0 Å². The largest absolute Gasteiger partial charge is 0.455 e. The van der Waals surface area contributed by atoms with E-state index in [2.05, 4.69) is 10.6 Å². The predicted octanol–water partition coefficient (Wildman–Crippen LogP) is 1.38. The normalized spacial score (nSPS) is 17.3. The molecule has 27 heavy (non-hydrogen) atoms. The highest BCUT2D eigenvalue weighted by molar-refractivity contribution is 5.96. The molecule has 1 heterocycles. The van der Waals surface area contributed by atoms with E-state index >= 15 is 0 Å². The molecular weight excluding hydrogens is 350 g/mol. The Bertz CT molecular complexity index is 692. The zero-order chi connectivity index (χ0) is 19.8. The molecule has 1 fully saturated rings. The Labute approximate surface area is 158 Å². The lowest BCUT2D eigenvalue weighted by Gasteiger charge is -2.25. The van der Waals surface area contributed by atoms with E-state index in [0.717, 1.165) is 12.0 Å². The van der Waals surface area contributed by atoms with E-state index in [9.17, 15) is 19.2 Å². The standard InChI is InChI=1S/C19H25N3O5/c1-3-9-20-19(26)21-16(23)12-27-18(25)15-10-17(24)22(11-15)13(2)14-7-5-4-6-8-14/h4-8,13,15H,3,9-12H2,1-2H3,(H2,20,21,23,26)/t13-,15-/m1/s1. The molecule has 1 aliphatic rings. The molecule has 8 nitrogen and oxygen atoms in total. The minimum atomic E-state index is -0.712. The van der Waals surface area contributed by atoms with Gasteiger partial charge in [-0.05, 0) is 18.9 Å². The van der Waals surface area contributed by atoms with E-state index in [0.29, 0.717) is 6.54 Å². The number of nitrogens with one attached hydrogen (secondary N) is 2. The first-order valence-electron chi connectivity index (χ1n) is 9.01. The number of ether oxygens (including phenoxy) is 1. The summed E-state index contributed by atoms with van der Waals surface area (Å²) in [5.74, 6) is -2.08. The molecule has 2 atom stereocenters. The van der Waals surface area contributed by atoms with Crippen LogP contribution in [-0.4, -0.2) is 48.4 Å². The summed E-state index contributed by atoms with van der Waals surface area (Å²) in [6.07, 6.45) is 0.790. The van der Waals surface area contributed by atoms with Crippen LogP contribution in [0.5, 0.6) is 0 Å². The van der Waals surface area contributed by atoms with Gasteiger partial charge < -0.3 is 15.0 Å². The number of rotatable bonds is 7. The van der Waals surface area contributed by atoms with Crippen molar-refractivity contribution in [2.45, 2.75) is 32.7 Å². The number of carbonyl (C=O) groups excluding carboxylic acids is 4. The Morgan fingerprint density at radius 2 is 1.96 bits per heavy atom. The fraction of sp³-hybridized carbons (Fsp3) is 0.474. The van der Waals surface area contributed by atoms with E-state index in [1.54, 1.807) is 4.90 Å². The molecule has 0 saturated carbocycles. The summed E-state index contributed by atoms with van der Waals surface area (Å²) in [4.78, 5) is 49.1. The summed E-state index contributed by atoms with van der Waals surface area (Å²) >= 11 is 0. The Hall–Kier alpha value is -2.90. The lowest BCUT2D eigenvalue weighted by molar-refractivity contribution is -0.152. The summed E-state index contributed by atoms with van der Waals surface area (Å²) in [6, 6.07) is 8.77. The highest BCUT2D eigenvalue weighted by Gasteiger charge is 2.38. The number of hydrogen-bond acceptors (Lipinski definition) is 5. The maximum absolute atomic E-state index is 12.3. The topological polar surface area (TPSA) is 105 Å². The van der Waals surface area contributed by atoms with Gasteiger partial charge in [0.2, 0.25) is 5.91 Å². The summed E-state index contributed by atoms with van der Waals surface area (Å²) in [6.45, 7) is 3.92. The summed E-state index contributed by atoms with van der Waals surface area (Å²) in [5.41, 5.74) is 0.984. The number of esters is 1. The van der Waals surface area contributed by atoms with Gasteiger partial charge in [0.25, 0.3) is 5.91 Å². The predicted molar refractivity (Wildman–Crippen MR) is 97.5 cm³/mol. The van der Waals surface area contributed by atoms with Gasteiger partial charge in [0.1, 0.15) is 0 Å². The molecule has 4 amide bonds. The van der Waals surface area contributed by atoms with Crippen LogP contribution >= 0.6 is 0 Å². The number of hydrogen-bond donors (Lipinski definition) is 2. The first kappa shape index (κ1) is 20.4. The van der Waals surface area contributed by atoms with E-state index < -0.39 is 30.4 Å². The van der Waals surface area contributed by atoms with Gasteiger partial charge in [-0.25, -0.2) is 4.79 Å². The van der Waals surface area contributed by atoms with E-state index in [1.165, 1.54) is 0 Å². The maximum Gasteiger partial charge on any atom is 0.321 e. The average molecular weight is 375 g/mol. The van der Waals surface area contributed by atoms with Crippen LogP contribution in [0.2, 0.25) is 0 Å². The van der Waals surface area contributed by atoms with Gasteiger partial charge in [0.05, 0.1) is 12.0 Å². The third-order valence-corrected chi connectivity index (χ3v) is 4.38. The third-order valence-electron chi connectivity index (χ3n) is 4.38. The lowest BCUT2D eigenvalue weighted by Crippen LogP contribution is -2.42. The van der Waals surface area contributed by atoms with Crippen molar-refractivity contribution < 1.29 is 23.9 Å². The molecular formula is C19H25N3O5. The van der Waals surface area contributed by atoms with Crippen molar-refractivity contribution in [2.75, 3.05) is 19.7 Å². The van der Waals surface area contributed by atoms with Gasteiger partial charge in [0.15, 0.2) is 6.61 Å². The Balaban J connectivity index is 1.81. The van der Waals surface area contributed by atoms with Crippen LogP contribution < -0.4 is 10.6 Å². The summed E-state index contributed by atoms with van der Waals surface area (Å²) < 4.78 is 4.97. The molecule has 1 aromatic carbocycles. The molecule has 2 N–H and O–H groups in total. The number of urea groups is 1. The molecule has 8 heteroatoms. The van der Waals surface area contributed by atoms with Crippen LogP contribution in [0.4, 0.5) is 4.79 Å². The summed E-state index contributed by atoms with van der Waals surface area (Å²) in [5, 5.41) is 4.56. The van der Waals surface area contributed by atoms with Crippen LogP contribution in [0.1, 0.15) is 38.3 Å². The minimum absolute atomic E-state index is 0.0502. The SMILES string of the molecule is CCCNC(=O)NC(=O)COC(=O)[C@@H]1CC(=O)N([C@H](C)c2ccccc2)C1. The maximum atomic E-state index is 12.3. The number of carbonyl (C=O) groups is 4.